The van der Waals surface area contributed by atoms with Crippen molar-refractivity contribution < 1.29 is 23.9 Å². The Balaban J connectivity index is 1.61. The molecular weight excluding hydrogens is 302 g/mol. The number of amides is 4. The second-order valence-electron chi connectivity index (χ2n) is 5.36. The zero-order valence-corrected chi connectivity index (χ0v) is 12.4. The molecule has 0 aliphatic carbocycles. The molecule has 120 valence electrons. The molecule has 4 amide bonds. The van der Waals surface area contributed by atoms with E-state index in [2.05, 4.69) is 10.1 Å². The van der Waals surface area contributed by atoms with Crippen LogP contribution in [-0.2, 0) is 9.53 Å². The van der Waals surface area contributed by atoms with E-state index in [1.165, 1.54) is 24.1 Å². The van der Waals surface area contributed by atoms with Crippen molar-refractivity contribution in [2.75, 3.05) is 26.7 Å². The summed E-state index contributed by atoms with van der Waals surface area (Å²) < 4.78 is 4.60. The van der Waals surface area contributed by atoms with Gasteiger partial charge in [-0.3, -0.25) is 14.5 Å². The fourth-order valence-electron chi connectivity index (χ4n) is 2.64. The highest BCUT2D eigenvalue weighted by atomic mass is 16.5. The van der Waals surface area contributed by atoms with Gasteiger partial charge in [0.25, 0.3) is 5.91 Å². The van der Waals surface area contributed by atoms with E-state index >= 15 is 0 Å². The average Bonchev–Trinajstić information content (AvgIpc) is 2.85. The third kappa shape index (κ3) is 2.63. The maximum atomic E-state index is 12.3. The van der Waals surface area contributed by atoms with Crippen LogP contribution in [0.3, 0.4) is 0 Å². The standard InChI is InChI=1S/C15H15N3O5/c1-23-14(21)10-4-2-9(3-5-10)13(20)17-7-11(8-17)18-12(19)6-16-15(18)22/h2-5,11H,6-8H2,1H3,(H,16,22). The molecule has 3 rings (SSSR count). The summed E-state index contributed by atoms with van der Waals surface area (Å²) in [7, 11) is 1.29. The molecule has 0 radical (unpaired) electrons. The molecule has 1 aromatic rings. The number of hydrogen-bond donors (Lipinski definition) is 1. The monoisotopic (exact) mass is 317 g/mol. The first kappa shape index (κ1) is 15.0. The molecule has 2 heterocycles. The van der Waals surface area contributed by atoms with Gasteiger partial charge in [-0.15, -0.1) is 0 Å². The van der Waals surface area contributed by atoms with Crippen molar-refractivity contribution in [3.8, 4) is 0 Å². The van der Waals surface area contributed by atoms with Crippen LogP contribution in [0.2, 0.25) is 0 Å². The molecule has 8 heteroatoms. The van der Waals surface area contributed by atoms with Gasteiger partial charge in [-0.05, 0) is 24.3 Å². The van der Waals surface area contributed by atoms with Crippen molar-refractivity contribution in [1.82, 2.24) is 15.1 Å². The third-order valence-corrected chi connectivity index (χ3v) is 3.95. The van der Waals surface area contributed by atoms with Crippen LogP contribution >= 0.6 is 0 Å². The number of imide groups is 1. The molecule has 2 fully saturated rings. The number of urea groups is 1. The lowest BCUT2D eigenvalue weighted by Crippen LogP contribution is -2.62. The van der Waals surface area contributed by atoms with Gasteiger partial charge in [0.2, 0.25) is 5.91 Å². The van der Waals surface area contributed by atoms with E-state index in [4.69, 9.17) is 0 Å². The highest BCUT2D eigenvalue weighted by molar-refractivity contribution is 6.03. The number of methoxy groups -OCH3 is 1. The van der Waals surface area contributed by atoms with Crippen molar-refractivity contribution in [1.29, 1.82) is 0 Å². The second kappa shape index (κ2) is 5.71. The van der Waals surface area contributed by atoms with Gasteiger partial charge in [-0.2, -0.15) is 0 Å². The summed E-state index contributed by atoms with van der Waals surface area (Å²) in [5, 5.41) is 2.46. The first-order valence-electron chi connectivity index (χ1n) is 7.09. The van der Waals surface area contributed by atoms with E-state index in [-0.39, 0.29) is 24.4 Å². The zero-order chi connectivity index (χ0) is 16.6. The summed E-state index contributed by atoms with van der Waals surface area (Å²) >= 11 is 0. The van der Waals surface area contributed by atoms with Gasteiger partial charge >= 0.3 is 12.0 Å². The largest absolute Gasteiger partial charge is 0.465 e. The fraction of sp³-hybridized carbons (Fsp3) is 0.333. The van der Waals surface area contributed by atoms with Gasteiger partial charge in [0.15, 0.2) is 0 Å². The fourth-order valence-corrected chi connectivity index (χ4v) is 2.64. The predicted octanol–water partition coefficient (Wildman–Crippen LogP) is -0.151. The molecule has 0 saturated carbocycles. The average molecular weight is 317 g/mol. The molecule has 1 aromatic carbocycles. The number of likely N-dealkylation sites (tertiary alicyclic amines) is 1. The summed E-state index contributed by atoms with van der Waals surface area (Å²) in [6, 6.07) is 5.46. The van der Waals surface area contributed by atoms with E-state index in [0.29, 0.717) is 24.2 Å². The van der Waals surface area contributed by atoms with Crippen LogP contribution in [0, 0.1) is 0 Å². The minimum atomic E-state index is -0.466. The Bertz CT molecular complexity index is 663. The van der Waals surface area contributed by atoms with Crippen molar-refractivity contribution in [2.24, 2.45) is 0 Å². The topological polar surface area (TPSA) is 96.0 Å². The molecule has 0 spiro atoms. The summed E-state index contributed by atoms with van der Waals surface area (Å²) in [5.74, 6) is -0.939. The van der Waals surface area contributed by atoms with E-state index < -0.39 is 12.0 Å². The molecule has 0 unspecified atom stereocenters. The Morgan fingerprint density at radius 1 is 1.13 bits per heavy atom. The second-order valence-corrected chi connectivity index (χ2v) is 5.36. The Labute approximate surface area is 132 Å². The number of esters is 1. The van der Waals surface area contributed by atoms with Crippen LogP contribution < -0.4 is 5.32 Å². The molecule has 0 bridgehead atoms. The van der Waals surface area contributed by atoms with Gasteiger partial charge in [0.1, 0.15) is 0 Å². The molecule has 8 nitrogen and oxygen atoms in total. The van der Waals surface area contributed by atoms with Gasteiger partial charge in [-0.1, -0.05) is 0 Å². The Hall–Kier alpha value is -2.90. The smallest absolute Gasteiger partial charge is 0.337 e. The molecule has 2 aliphatic heterocycles. The van der Waals surface area contributed by atoms with E-state index in [1.807, 2.05) is 0 Å². The number of carbonyl (C=O) groups excluding carboxylic acids is 4. The highest BCUT2D eigenvalue weighted by Crippen LogP contribution is 2.20. The van der Waals surface area contributed by atoms with E-state index in [9.17, 15) is 19.2 Å². The number of nitrogens with one attached hydrogen (secondary N) is 1. The van der Waals surface area contributed by atoms with Gasteiger partial charge in [0, 0.05) is 18.7 Å². The van der Waals surface area contributed by atoms with Crippen LogP contribution in [-0.4, -0.2) is 66.4 Å². The Kier molecular flexibility index (Phi) is 3.73. The molecule has 0 atom stereocenters. The number of rotatable bonds is 3. The van der Waals surface area contributed by atoms with Crippen LogP contribution in [0.25, 0.3) is 0 Å². The number of carbonyl (C=O) groups is 4. The minimum Gasteiger partial charge on any atom is -0.465 e. The molecule has 23 heavy (non-hydrogen) atoms. The SMILES string of the molecule is COC(=O)c1ccc(C(=O)N2CC(N3C(=O)CNC3=O)C2)cc1. The van der Waals surface area contributed by atoms with Crippen LogP contribution in [0.15, 0.2) is 24.3 Å². The van der Waals surface area contributed by atoms with Crippen LogP contribution in [0.4, 0.5) is 4.79 Å². The normalized spacial score (nSPS) is 17.8. The van der Waals surface area contributed by atoms with Crippen LogP contribution in [0.5, 0.6) is 0 Å². The lowest BCUT2D eigenvalue weighted by atomic mass is 10.0. The Morgan fingerprint density at radius 2 is 1.74 bits per heavy atom. The quantitative estimate of drug-likeness (QED) is 0.618. The van der Waals surface area contributed by atoms with Crippen molar-refractivity contribution in [3.63, 3.8) is 0 Å². The summed E-state index contributed by atoms with van der Waals surface area (Å²) in [4.78, 5) is 49.5. The zero-order valence-electron chi connectivity index (χ0n) is 12.4. The van der Waals surface area contributed by atoms with Crippen molar-refractivity contribution >= 4 is 23.8 Å². The lowest BCUT2D eigenvalue weighted by molar-refractivity contribution is -0.128. The molecule has 0 aromatic heterocycles. The number of hydrogen-bond acceptors (Lipinski definition) is 5. The summed E-state index contributed by atoms with van der Waals surface area (Å²) in [5.41, 5.74) is 0.804. The number of ether oxygens (including phenoxy) is 1. The summed E-state index contributed by atoms with van der Waals surface area (Å²) in [6.45, 7) is 0.645. The summed E-state index contributed by atoms with van der Waals surface area (Å²) in [6.07, 6.45) is 0. The maximum absolute atomic E-state index is 12.3. The molecular formula is C15H15N3O5. The molecule has 2 saturated heterocycles. The number of benzene rings is 1. The third-order valence-electron chi connectivity index (χ3n) is 3.95. The van der Waals surface area contributed by atoms with E-state index in [0.717, 1.165) is 0 Å². The predicted molar refractivity (Wildman–Crippen MR) is 77.7 cm³/mol. The first-order valence-corrected chi connectivity index (χ1v) is 7.09. The molecule has 2 aliphatic rings. The van der Waals surface area contributed by atoms with Crippen molar-refractivity contribution in [3.05, 3.63) is 35.4 Å². The van der Waals surface area contributed by atoms with Crippen LogP contribution in [0.1, 0.15) is 20.7 Å². The minimum absolute atomic E-state index is 0.0122. The van der Waals surface area contributed by atoms with Gasteiger partial charge in [-0.25, -0.2) is 9.59 Å². The highest BCUT2D eigenvalue weighted by Gasteiger charge is 2.43. The van der Waals surface area contributed by atoms with Gasteiger partial charge in [0.05, 0.1) is 25.3 Å². The number of nitrogens with zero attached hydrogens (tertiary/aromatic N) is 2. The maximum Gasteiger partial charge on any atom is 0.337 e. The first-order chi connectivity index (χ1) is 11.0. The van der Waals surface area contributed by atoms with Gasteiger partial charge < -0.3 is 15.0 Å². The lowest BCUT2D eigenvalue weighted by Gasteiger charge is -2.42. The van der Waals surface area contributed by atoms with E-state index in [1.54, 1.807) is 17.0 Å². The van der Waals surface area contributed by atoms with Crippen molar-refractivity contribution in [2.45, 2.75) is 6.04 Å². The molecule has 1 N–H and O–H groups in total. The Morgan fingerprint density at radius 3 is 2.26 bits per heavy atom.